The van der Waals surface area contributed by atoms with Crippen molar-refractivity contribution in [1.29, 1.82) is 0 Å². The number of fused-ring (bicyclic) bond motifs is 9. The average molecular weight is 1230 g/mol. The summed E-state index contributed by atoms with van der Waals surface area (Å²) < 4.78 is 79.6. The number of hydrogen-bond acceptors (Lipinski definition) is 15. The van der Waals surface area contributed by atoms with Crippen molar-refractivity contribution in [2.24, 2.45) is 11.8 Å². The minimum Gasteiger partial charge on any atom is -0.458 e. The van der Waals surface area contributed by atoms with Gasteiger partial charge in [-0.2, -0.15) is 0 Å². The maximum Gasteiger partial charge on any atom is 0.330 e. The molecule has 4 saturated heterocycles. The Balaban J connectivity index is 1.14. The number of hydrogen-bond donors (Lipinski definition) is 0. The van der Waals surface area contributed by atoms with E-state index < -0.39 is 52.8 Å². The molecule has 0 radical (unpaired) electrons. The highest BCUT2D eigenvalue weighted by Crippen LogP contribution is 2.47. The molecule has 0 N–H and O–H groups in total. The maximum absolute atomic E-state index is 13.9. The monoisotopic (exact) mass is 1230 g/mol. The van der Waals surface area contributed by atoms with Crippen molar-refractivity contribution in [1.82, 2.24) is 9.97 Å². The third-order valence-corrected chi connectivity index (χ3v) is 30.0. The molecular weight excluding hydrogens is 1120 g/mol. The van der Waals surface area contributed by atoms with Crippen LogP contribution in [-0.4, -0.2) is 127 Å². The fraction of sp³-hybridized carbons (Fsp3) is 0.696. The van der Waals surface area contributed by atoms with Gasteiger partial charge in [0.05, 0.1) is 67.5 Å². The Kier molecular flexibility index (Phi) is 24.4. The first-order valence-electron chi connectivity index (χ1n) is 31.8. The molecule has 15 atom stereocenters. The van der Waals surface area contributed by atoms with Crippen molar-refractivity contribution in [3.63, 3.8) is 0 Å². The lowest BCUT2D eigenvalue weighted by Gasteiger charge is -2.49. The molecule has 86 heavy (non-hydrogen) atoms. The SMILES string of the molecule is C#CC[C@H](/C=C/C(C)=C/[C@@H](O[Si](C(C)C)(C(C)C)C(C)C)[C@H]1C[C@@H](OC)C[C@](Cc2nc(/C=C(\C)[C@@H]3O[C@@H]4C/C=C\c5nc(co5)[C@H]5C[C@H](O[Si](C)(C)C(C)(C)C)C[C@@H](C[C@H]6CC(=C)C[C@H](C/C=C\C(=O)O[C@@H]([C@H]4C)[C@H]3C)O6)O5)co2)(OC)O1)OC. The topological polar surface area (TPSA) is 161 Å². The Bertz CT molecular complexity index is 2720. The van der Waals surface area contributed by atoms with Crippen molar-refractivity contribution in [2.45, 2.75) is 274 Å². The van der Waals surface area contributed by atoms with Crippen molar-refractivity contribution in [3.8, 4) is 12.3 Å². The third kappa shape index (κ3) is 17.5. The number of nitrogens with zero attached hydrogens (tertiary/aromatic N) is 2. The van der Waals surface area contributed by atoms with Gasteiger partial charge in [-0.05, 0) is 98.4 Å². The summed E-state index contributed by atoms with van der Waals surface area (Å²) in [6.07, 6.45) is 27.8. The molecular formula is C69H106N2O13Si2. The van der Waals surface area contributed by atoms with E-state index in [1.165, 1.54) is 0 Å². The summed E-state index contributed by atoms with van der Waals surface area (Å²) in [5.74, 6) is 1.69. The van der Waals surface area contributed by atoms with Gasteiger partial charge in [-0.3, -0.25) is 0 Å². The molecule has 478 valence electrons. The van der Waals surface area contributed by atoms with Gasteiger partial charge in [-0.25, -0.2) is 14.8 Å². The predicted octanol–water partition coefficient (Wildman–Crippen LogP) is 15.4. The zero-order valence-electron chi connectivity index (χ0n) is 55.4. The first kappa shape index (κ1) is 69.4. The van der Waals surface area contributed by atoms with Crippen LogP contribution in [0.2, 0.25) is 34.8 Å². The van der Waals surface area contributed by atoms with Crippen molar-refractivity contribution >= 4 is 34.8 Å². The van der Waals surface area contributed by atoms with Crippen LogP contribution in [0.4, 0.5) is 0 Å². The Morgan fingerprint density at radius 2 is 1.58 bits per heavy atom. The zero-order chi connectivity index (χ0) is 62.9. The number of ether oxygens (including phenoxy) is 8. The fourth-order valence-corrected chi connectivity index (χ4v) is 20.7. The number of terminal acetylenes is 1. The van der Waals surface area contributed by atoms with Crippen LogP contribution >= 0.6 is 0 Å². The minimum atomic E-state index is -2.45. The second kappa shape index (κ2) is 30.2. The number of oxazole rings is 2. The maximum atomic E-state index is 13.9. The lowest BCUT2D eigenvalue weighted by molar-refractivity contribution is -0.297. The molecule has 0 saturated carbocycles. The molecule has 0 spiro atoms. The first-order valence-corrected chi connectivity index (χ1v) is 36.9. The Labute approximate surface area is 518 Å². The lowest BCUT2D eigenvalue weighted by atomic mass is 9.79. The molecule has 4 fully saturated rings. The van der Waals surface area contributed by atoms with Crippen LogP contribution in [0.1, 0.15) is 183 Å². The van der Waals surface area contributed by atoms with Gasteiger partial charge < -0.3 is 55.6 Å². The highest BCUT2D eigenvalue weighted by Gasteiger charge is 2.52. The van der Waals surface area contributed by atoms with E-state index in [1.807, 2.05) is 37.3 Å². The summed E-state index contributed by atoms with van der Waals surface area (Å²) in [7, 11) is 0.515. The van der Waals surface area contributed by atoms with Crippen LogP contribution in [0.25, 0.3) is 12.2 Å². The molecule has 0 amide bonds. The van der Waals surface area contributed by atoms with Crippen LogP contribution in [0, 0.1) is 24.2 Å². The second-order valence-electron chi connectivity index (χ2n) is 27.7. The number of esters is 1. The second-order valence-corrected chi connectivity index (χ2v) is 37.9. The van der Waals surface area contributed by atoms with Crippen molar-refractivity contribution in [2.75, 3.05) is 21.3 Å². The van der Waals surface area contributed by atoms with E-state index in [1.54, 1.807) is 39.9 Å². The van der Waals surface area contributed by atoms with Gasteiger partial charge in [0.1, 0.15) is 36.1 Å². The Hall–Kier alpha value is -4.04. The minimum absolute atomic E-state index is 0.00431. The van der Waals surface area contributed by atoms with E-state index in [2.05, 4.69) is 121 Å². The highest BCUT2D eigenvalue weighted by molar-refractivity contribution is 6.77. The molecule has 17 heteroatoms. The molecule has 0 aromatic carbocycles. The molecule has 0 aliphatic carbocycles. The molecule has 15 nitrogen and oxygen atoms in total. The molecule has 5 aliphatic heterocycles. The van der Waals surface area contributed by atoms with Crippen molar-refractivity contribution < 1.29 is 60.4 Å². The third-order valence-electron chi connectivity index (χ3n) is 19.4. The van der Waals surface area contributed by atoms with Gasteiger partial charge in [-0.15, -0.1) is 12.3 Å². The van der Waals surface area contributed by atoms with E-state index in [0.29, 0.717) is 79.0 Å². The summed E-state index contributed by atoms with van der Waals surface area (Å²) in [4.78, 5) is 23.9. The van der Waals surface area contributed by atoms with Gasteiger partial charge in [0, 0.05) is 71.3 Å². The van der Waals surface area contributed by atoms with Crippen LogP contribution < -0.4 is 0 Å². The number of carbonyl (C=O) groups is 1. The van der Waals surface area contributed by atoms with E-state index in [0.717, 1.165) is 41.7 Å². The van der Waals surface area contributed by atoms with E-state index in [4.69, 9.17) is 72.0 Å². The molecule has 8 bridgehead atoms. The van der Waals surface area contributed by atoms with E-state index >= 15 is 0 Å². The molecule has 7 rings (SSSR count). The van der Waals surface area contributed by atoms with E-state index in [-0.39, 0.29) is 72.1 Å². The number of aromatic nitrogens is 2. The van der Waals surface area contributed by atoms with Crippen LogP contribution in [0.15, 0.2) is 81.1 Å². The van der Waals surface area contributed by atoms with Crippen LogP contribution in [-0.2, 0) is 58.0 Å². The molecule has 0 unspecified atom stereocenters. The Morgan fingerprint density at radius 1 is 0.872 bits per heavy atom. The van der Waals surface area contributed by atoms with Crippen LogP contribution in [0.3, 0.4) is 0 Å². The molecule has 7 heterocycles. The average Bonchev–Trinajstić information content (AvgIpc) is 1.57. The van der Waals surface area contributed by atoms with Gasteiger partial charge >= 0.3 is 5.97 Å². The van der Waals surface area contributed by atoms with E-state index in [9.17, 15) is 4.79 Å². The van der Waals surface area contributed by atoms with Gasteiger partial charge in [0.25, 0.3) is 0 Å². The van der Waals surface area contributed by atoms with Gasteiger partial charge in [0.15, 0.2) is 20.0 Å². The summed E-state index contributed by atoms with van der Waals surface area (Å²) in [6.45, 7) is 37.9. The highest BCUT2D eigenvalue weighted by atomic mass is 28.4. The number of methoxy groups -OCH3 is 3. The fourth-order valence-electron chi connectivity index (χ4n) is 13.9. The molecule has 2 aromatic heterocycles. The number of allylic oxidation sites excluding steroid dienone is 2. The standard InChI is InChI=1S/C69H106N2O13Si2/c1-21-24-52(73-16)30-29-46(8)33-62(84-86(43(2)3,44(4)5)45(6)7)61-38-57(74-17)39-69(75-18,82-61)40-64-70-51(41-76-64)34-48(10)66-50(12)67-49(11)59(80-66)26-23-27-63-71-58(42-77-63)60-37-56(83-85(19,20)68(13,14)15)36-55(79-60)35-54-32-47(9)31-53(78-54)25-22-28-65(72)81-67/h1,22-23,27-30,33-34,41-45,49-50,52-57,59-62,66-67H,9,24-26,31-32,35-40H2,2-8,10-20H3/b27-23-,28-22-,30-29+,46-33+,48-34+/t49-,50-,52+,53-,54+,55+,56+,57+,59+,60+,61+,62+,66-,67-,69-/m0/s1. The normalized spacial score (nSPS) is 32.0. The molecule has 2 aromatic rings. The lowest BCUT2D eigenvalue weighted by Crippen LogP contribution is -2.57. The number of rotatable bonds is 19. The summed E-state index contributed by atoms with van der Waals surface area (Å²) in [6, 6.07) is 0. The van der Waals surface area contributed by atoms with Gasteiger partial charge in [-0.1, -0.05) is 124 Å². The summed E-state index contributed by atoms with van der Waals surface area (Å²) in [5, 5.41) is 0.0525. The number of carbonyl (C=O) groups excluding carboxylic acids is 1. The Morgan fingerprint density at radius 3 is 2.24 bits per heavy atom. The molecule has 5 aliphatic rings. The predicted molar refractivity (Wildman–Crippen MR) is 343 cm³/mol. The van der Waals surface area contributed by atoms with Gasteiger partial charge in [0.2, 0.25) is 14.2 Å². The first-order chi connectivity index (χ1) is 40.6. The van der Waals surface area contributed by atoms with Crippen LogP contribution in [0.5, 0.6) is 0 Å². The summed E-state index contributed by atoms with van der Waals surface area (Å²) in [5.41, 5.74) is 5.39. The largest absolute Gasteiger partial charge is 0.458 e. The summed E-state index contributed by atoms with van der Waals surface area (Å²) >= 11 is 0. The quantitative estimate of drug-likeness (QED) is 0.0429. The smallest absolute Gasteiger partial charge is 0.330 e. The van der Waals surface area contributed by atoms with Crippen molar-refractivity contribution in [3.05, 3.63) is 95.4 Å². The zero-order valence-corrected chi connectivity index (χ0v) is 57.4.